The number of benzene rings is 2. The van der Waals surface area contributed by atoms with Gasteiger partial charge in [-0.05, 0) is 55.2 Å². The summed E-state index contributed by atoms with van der Waals surface area (Å²) in [5, 5.41) is 9.90. The zero-order chi connectivity index (χ0) is 16.8. The first-order valence-corrected chi connectivity index (χ1v) is 7.94. The topological polar surface area (TPSA) is 39.4 Å². The third-order valence-corrected chi connectivity index (χ3v) is 4.08. The third-order valence-electron chi connectivity index (χ3n) is 3.86. The Balaban J connectivity index is 2.38. The molecular formula is C19H20ClN3. The fourth-order valence-corrected chi connectivity index (χ4v) is 2.50. The molecule has 4 heteroatoms. The van der Waals surface area contributed by atoms with E-state index in [1.807, 2.05) is 61.6 Å². The highest BCUT2D eigenvalue weighted by molar-refractivity contribution is 6.31. The molecule has 0 bridgehead atoms. The lowest BCUT2D eigenvalue weighted by Crippen LogP contribution is -2.14. The number of nitrogens with zero attached hydrogens (tertiary/aromatic N) is 3. The molecule has 0 aliphatic heterocycles. The fraction of sp³-hybridized carbons (Fsp3) is 0.263. The lowest BCUT2D eigenvalue weighted by molar-refractivity contribution is 0.552. The van der Waals surface area contributed by atoms with Gasteiger partial charge in [-0.25, -0.2) is 4.99 Å². The summed E-state index contributed by atoms with van der Waals surface area (Å²) in [6.45, 7) is 5.01. The predicted molar refractivity (Wildman–Crippen MR) is 96.6 cm³/mol. The molecule has 0 radical (unpaired) electrons. The Morgan fingerprint density at radius 2 is 2.00 bits per heavy atom. The van der Waals surface area contributed by atoms with Crippen LogP contribution in [0.2, 0.25) is 5.02 Å². The maximum absolute atomic E-state index is 9.24. The van der Waals surface area contributed by atoms with E-state index < -0.39 is 0 Å². The van der Waals surface area contributed by atoms with Gasteiger partial charge in [0.25, 0.3) is 0 Å². The van der Waals surface area contributed by atoms with Crippen LogP contribution in [0.3, 0.4) is 0 Å². The van der Waals surface area contributed by atoms with Crippen molar-refractivity contribution in [1.29, 1.82) is 5.26 Å². The Hall–Kier alpha value is -2.31. The van der Waals surface area contributed by atoms with E-state index in [0.717, 1.165) is 28.9 Å². The Morgan fingerprint density at radius 3 is 2.70 bits per heavy atom. The van der Waals surface area contributed by atoms with Gasteiger partial charge >= 0.3 is 0 Å². The summed E-state index contributed by atoms with van der Waals surface area (Å²) in [7, 11) is 1.98. The lowest BCUT2D eigenvalue weighted by atomic mass is 9.96. The van der Waals surface area contributed by atoms with Crippen molar-refractivity contribution in [2.75, 3.05) is 13.6 Å². The normalized spacial score (nSPS) is 10.7. The van der Waals surface area contributed by atoms with E-state index in [-0.39, 0.29) is 0 Å². The van der Waals surface area contributed by atoms with E-state index in [1.165, 1.54) is 0 Å². The van der Waals surface area contributed by atoms with Gasteiger partial charge in [0.05, 0.1) is 23.7 Å². The van der Waals surface area contributed by atoms with E-state index in [1.54, 1.807) is 0 Å². The van der Waals surface area contributed by atoms with E-state index in [9.17, 15) is 5.26 Å². The van der Waals surface area contributed by atoms with Crippen LogP contribution in [0.1, 0.15) is 29.2 Å². The molecular weight excluding hydrogens is 306 g/mol. The summed E-state index contributed by atoms with van der Waals surface area (Å²) >= 11 is 6.26. The Kier molecular flexibility index (Phi) is 5.78. The van der Waals surface area contributed by atoms with Gasteiger partial charge in [0.1, 0.15) is 0 Å². The molecule has 118 valence electrons. The Labute approximate surface area is 142 Å². The van der Waals surface area contributed by atoms with Crippen LogP contribution in [0, 0.1) is 18.3 Å². The number of halogens is 1. The molecule has 0 amide bonds. The minimum atomic E-state index is 0.659. The van der Waals surface area contributed by atoms with Crippen molar-refractivity contribution in [2.24, 2.45) is 4.99 Å². The van der Waals surface area contributed by atoms with Gasteiger partial charge in [-0.3, -0.25) is 0 Å². The Bertz CT molecular complexity index is 760. The molecule has 0 heterocycles. The van der Waals surface area contributed by atoms with Crippen LogP contribution in [0.15, 0.2) is 41.4 Å². The van der Waals surface area contributed by atoms with E-state index in [2.05, 4.69) is 18.0 Å². The molecule has 0 aromatic heterocycles. The highest BCUT2D eigenvalue weighted by atomic mass is 35.5. The zero-order valence-electron chi connectivity index (χ0n) is 13.7. The first kappa shape index (κ1) is 17.1. The summed E-state index contributed by atoms with van der Waals surface area (Å²) in [4.78, 5) is 6.54. The van der Waals surface area contributed by atoms with Crippen molar-refractivity contribution in [3.8, 4) is 6.07 Å². The summed E-state index contributed by atoms with van der Waals surface area (Å²) in [6.07, 6.45) is 2.48. The molecule has 0 atom stereocenters. The van der Waals surface area contributed by atoms with Crippen LogP contribution in [-0.2, 0) is 6.42 Å². The number of rotatable bonds is 5. The SMILES string of the molecule is CCN(C)/C=N\c1cc(Cl)cc(Cc2ccccc2C#N)c1C. The van der Waals surface area contributed by atoms with Gasteiger partial charge < -0.3 is 4.90 Å². The van der Waals surface area contributed by atoms with Gasteiger partial charge in [0, 0.05) is 18.6 Å². The smallest absolute Gasteiger partial charge is 0.0994 e. The van der Waals surface area contributed by atoms with Crippen molar-refractivity contribution >= 4 is 23.6 Å². The van der Waals surface area contributed by atoms with E-state index in [0.29, 0.717) is 17.0 Å². The summed E-state index contributed by atoms with van der Waals surface area (Å²) in [5.74, 6) is 0. The van der Waals surface area contributed by atoms with Gasteiger partial charge in [0.15, 0.2) is 0 Å². The molecule has 0 saturated heterocycles. The molecule has 2 aromatic rings. The average molecular weight is 326 g/mol. The van der Waals surface area contributed by atoms with Gasteiger partial charge in [-0.15, -0.1) is 0 Å². The number of hydrogen-bond donors (Lipinski definition) is 0. The molecule has 23 heavy (non-hydrogen) atoms. The number of nitriles is 1. The monoisotopic (exact) mass is 325 g/mol. The molecule has 3 nitrogen and oxygen atoms in total. The second kappa shape index (κ2) is 7.80. The van der Waals surface area contributed by atoms with Gasteiger partial charge in [-0.1, -0.05) is 29.8 Å². The first-order valence-electron chi connectivity index (χ1n) is 7.56. The summed E-state index contributed by atoms with van der Waals surface area (Å²) in [6, 6.07) is 13.7. The van der Waals surface area contributed by atoms with Gasteiger partial charge in [0.2, 0.25) is 0 Å². The largest absolute Gasteiger partial charge is 0.366 e. The van der Waals surface area contributed by atoms with Crippen LogP contribution in [0.25, 0.3) is 0 Å². The molecule has 0 aliphatic rings. The standard InChI is InChI=1S/C19H20ClN3/c1-4-23(3)13-22-19-11-18(20)10-17(14(19)2)9-15-7-5-6-8-16(15)12-21/h5-8,10-11,13H,4,9H2,1-3H3/b22-13-. The maximum atomic E-state index is 9.24. The Morgan fingerprint density at radius 1 is 1.26 bits per heavy atom. The fourth-order valence-electron chi connectivity index (χ4n) is 2.27. The lowest BCUT2D eigenvalue weighted by Gasteiger charge is -2.12. The minimum absolute atomic E-state index is 0.659. The summed E-state index contributed by atoms with van der Waals surface area (Å²) < 4.78 is 0. The zero-order valence-corrected chi connectivity index (χ0v) is 14.4. The van der Waals surface area contributed by atoms with Crippen molar-refractivity contribution in [3.05, 3.63) is 63.7 Å². The van der Waals surface area contributed by atoms with Crippen molar-refractivity contribution in [3.63, 3.8) is 0 Å². The molecule has 0 spiro atoms. The molecule has 2 rings (SSSR count). The molecule has 0 fully saturated rings. The maximum Gasteiger partial charge on any atom is 0.0994 e. The van der Waals surface area contributed by atoms with Crippen molar-refractivity contribution in [2.45, 2.75) is 20.3 Å². The van der Waals surface area contributed by atoms with Crippen LogP contribution in [-0.4, -0.2) is 24.8 Å². The van der Waals surface area contributed by atoms with Crippen molar-refractivity contribution in [1.82, 2.24) is 4.90 Å². The number of aliphatic imine (C=N–C) groups is 1. The highest BCUT2D eigenvalue weighted by Gasteiger charge is 2.09. The molecule has 0 unspecified atom stereocenters. The van der Waals surface area contributed by atoms with Crippen LogP contribution < -0.4 is 0 Å². The first-order chi connectivity index (χ1) is 11.0. The quantitative estimate of drug-likeness (QED) is 0.589. The molecule has 0 saturated carbocycles. The predicted octanol–water partition coefficient (Wildman–Crippen LogP) is 4.72. The van der Waals surface area contributed by atoms with Crippen LogP contribution >= 0.6 is 11.6 Å². The minimum Gasteiger partial charge on any atom is -0.366 e. The number of hydrogen-bond acceptors (Lipinski definition) is 2. The highest BCUT2D eigenvalue weighted by Crippen LogP contribution is 2.29. The van der Waals surface area contributed by atoms with Crippen molar-refractivity contribution < 1.29 is 0 Å². The second-order valence-corrected chi connectivity index (χ2v) is 5.91. The van der Waals surface area contributed by atoms with E-state index >= 15 is 0 Å². The van der Waals surface area contributed by atoms with E-state index in [4.69, 9.17) is 11.6 Å². The van der Waals surface area contributed by atoms with Crippen LogP contribution in [0.5, 0.6) is 0 Å². The molecule has 0 aliphatic carbocycles. The molecule has 2 aromatic carbocycles. The third kappa shape index (κ3) is 4.34. The molecule has 0 N–H and O–H groups in total. The second-order valence-electron chi connectivity index (χ2n) is 5.47. The van der Waals surface area contributed by atoms with Crippen LogP contribution in [0.4, 0.5) is 5.69 Å². The van der Waals surface area contributed by atoms with Gasteiger partial charge in [-0.2, -0.15) is 5.26 Å². The average Bonchev–Trinajstić information content (AvgIpc) is 2.56. The summed E-state index contributed by atoms with van der Waals surface area (Å²) in [5.41, 5.74) is 4.74.